The van der Waals surface area contributed by atoms with Crippen molar-refractivity contribution in [2.24, 2.45) is 29.1 Å². The molecule has 9 heteroatoms. The van der Waals surface area contributed by atoms with E-state index in [9.17, 15) is 35.1 Å². The van der Waals surface area contributed by atoms with Gasteiger partial charge in [0.2, 0.25) is 0 Å². The van der Waals surface area contributed by atoms with Gasteiger partial charge in [0.25, 0.3) is 5.85 Å². The minimum atomic E-state index is -5.36. The normalized spacial score (nSPS) is 48.3. The first-order chi connectivity index (χ1) is 10.8. The Kier molecular flexibility index (Phi) is 2.95. The van der Waals surface area contributed by atoms with Crippen molar-refractivity contribution in [2.45, 2.75) is 49.7 Å². The predicted molar refractivity (Wildman–Crippen MR) is 64.9 cm³/mol. The lowest BCUT2D eigenvalue weighted by molar-refractivity contribution is -0.416. The molecule has 1 spiro atoms. The standard InChI is InChI=1S/C15H14F8O/c16-12(17)4-9-7-1-2-8(3-7)11(9)5-10(11)15(12,23)24-14(21,22)6-13(18,19)20/h1-2,7-10H,3-6H2. The molecule has 6 unspecified atom stereocenters. The molecule has 0 aromatic carbocycles. The van der Waals surface area contributed by atoms with Crippen molar-refractivity contribution in [1.82, 2.24) is 0 Å². The summed E-state index contributed by atoms with van der Waals surface area (Å²) in [5, 5.41) is 0. The largest absolute Gasteiger partial charge is 0.397 e. The molecular formula is C15H14F8O. The van der Waals surface area contributed by atoms with E-state index in [2.05, 4.69) is 4.74 Å². The second-order valence-corrected chi connectivity index (χ2v) is 7.45. The van der Waals surface area contributed by atoms with E-state index in [0.717, 1.165) is 0 Å². The van der Waals surface area contributed by atoms with Crippen LogP contribution in [0.5, 0.6) is 0 Å². The van der Waals surface area contributed by atoms with Crippen LogP contribution in [-0.4, -0.2) is 24.1 Å². The summed E-state index contributed by atoms with van der Waals surface area (Å²) in [6.45, 7) is 0. The maximum atomic E-state index is 15.0. The molecule has 4 aliphatic rings. The highest BCUT2D eigenvalue weighted by molar-refractivity contribution is 5.32. The molecule has 3 saturated carbocycles. The molecule has 136 valence electrons. The van der Waals surface area contributed by atoms with Crippen LogP contribution in [0.15, 0.2) is 12.2 Å². The molecule has 24 heavy (non-hydrogen) atoms. The SMILES string of the molecule is FC(F)(F)CC(F)(F)OC1(F)C2CC23C2C=CC(C2)C3CC1(F)F. The van der Waals surface area contributed by atoms with Crippen LogP contribution < -0.4 is 0 Å². The smallest absolute Gasteiger partial charge is 0.276 e. The van der Waals surface area contributed by atoms with Gasteiger partial charge in [0, 0.05) is 12.3 Å². The van der Waals surface area contributed by atoms with Gasteiger partial charge >= 0.3 is 18.2 Å². The second-order valence-electron chi connectivity index (χ2n) is 7.45. The average molecular weight is 362 g/mol. The van der Waals surface area contributed by atoms with Crippen molar-refractivity contribution < 1.29 is 39.9 Å². The maximum Gasteiger partial charge on any atom is 0.397 e. The first-order valence-corrected chi connectivity index (χ1v) is 7.71. The molecule has 3 fully saturated rings. The van der Waals surface area contributed by atoms with Gasteiger partial charge in [0.05, 0.1) is 0 Å². The van der Waals surface area contributed by atoms with Crippen LogP contribution in [-0.2, 0) is 4.74 Å². The van der Waals surface area contributed by atoms with Gasteiger partial charge in [-0.1, -0.05) is 12.2 Å². The molecular weight excluding hydrogens is 348 g/mol. The third-order valence-corrected chi connectivity index (χ3v) is 6.19. The molecule has 1 nitrogen and oxygen atoms in total. The number of fused-ring (bicyclic) bond motifs is 3. The minimum Gasteiger partial charge on any atom is -0.276 e. The third kappa shape index (κ3) is 2.02. The predicted octanol–water partition coefficient (Wildman–Crippen LogP) is 5.08. The van der Waals surface area contributed by atoms with E-state index in [1.165, 1.54) is 0 Å². The van der Waals surface area contributed by atoms with E-state index in [1.54, 1.807) is 12.2 Å². The first kappa shape index (κ1) is 16.6. The highest BCUT2D eigenvalue weighted by Crippen LogP contribution is 2.81. The van der Waals surface area contributed by atoms with Gasteiger partial charge in [-0.25, -0.2) is 13.2 Å². The highest BCUT2D eigenvalue weighted by atomic mass is 19.4. The van der Waals surface area contributed by atoms with E-state index in [0.29, 0.717) is 6.42 Å². The molecule has 0 N–H and O–H groups in total. The van der Waals surface area contributed by atoms with Crippen molar-refractivity contribution in [3.63, 3.8) is 0 Å². The Hall–Kier alpha value is -0.860. The number of alkyl halides is 8. The summed E-state index contributed by atoms with van der Waals surface area (Å²) in [6.07, 6.45) is -10.1. The number of ether oxygens (including phenoxy) is 1. The van der Waals surface area contributed by atoms with E-state index in [1.807, 2.05) is 0 Å². The van der Waals surface area contributed by atoms with Gasteiger partial charge in [-0.2, -0.15) is 22.0 Å². The van der Waals surface area contributed by atoms with Crippen LogP contribution in [0.2, 0.25) is 0 Å². The van der Waals surface area contributed by atoms with Gasteiger partial charge in [-0.3, -0.25) is 4.74 Å². The summed E-state index contributed by atoms with van der Waals surface area (Å²) >= 11 is 0. The fourth-order valence-electron chi connectivity index (χ4n) is 5.33. The number of rotatable bonds is 3. The quantitative estimate of drug-likeness (QED) is 0.503. The summed E-state index contributed by atoms with van der Waals surface area (Å²) in [7, 11) is 0. The van der Waals surface area contributed by atoms with Crippen LogP contribution >= 0.6 is 0 Å². The number of hydrogen-bond donors (Lipinski definition) is 0. The Balaban J connectivity index is 1.64. The molecule has 4 aliphatic carbocycles. The molecule has 0 aliphatic heterocycles. The number of hydrogen-bond acceptors (Lipinski definition) is 1. The Morgan fingerprint density at radius 3 is 2.29 bits per heavy atom. The van der Waals surface area contributed by atoms with Gasteiger partial charge in [0.15, 0.2) is 0 Å². The lowest BCUT2D eigenvalue weighted by atomic mass is 9.69. The van der Waals surface area contributed by atoms with Crippen molar-refractivity contribution in [3.8, 4) is 0 Å². The summed E-state index contributed by atoms with van der Waals surface area (Å²) in [5.74, 6) is -10.7. The van der Waals surface area contributed by atoms with E-state index >= 15 is 0 Å². The summed E-state index contributed by atoms with van der Waals surface area (Å²) < 4.78 is 111. The minimum absolute atomic E-state index is 0.0582. The Morgan fingerprint density at radius 2 is 1.67 bits per heavy atom. The first-order valence-electron chi connectivity index (χ1n) is 7.71. The van der Waals surface area contributed by atoms with Crippen LogP contribution in [0.3, 0.4) is 0 Å². The fraction of sp³-hybridized carbons (Fsp3) is 0.867. The van der Waals surface area contributed by atoms with Crippen molar-refractivity contribution in [1.29, 1.82) is 0 Å². The fourth-order valence-corrected chi connectivity index (χ4v) is 5.33. The van der Waals surface area contributed by atoms with Crippen molar-refractivity contribution >= 4 is 0 Å². The Bertz CT molecular complexity index is 599. The average Bonchev–Trinajstić information content (AvgIpc) is 2.80. The molecule has 6 atom stereocenters. The van der Waals surface area contributed by atoms with E-state index in [-0.39, 0.29) is 18.3 Å². The molecule has 2 bridgehead atoms. The van der Waals surface area contributed by atoms with E-state index < -0.39 is 54.2 Å². The third-order valence-electron chi connectivity index (χ3n) is 6.19. The van der Waals surface area contributed by atoms with Gasteiger partial charge in [-0.15, -0.1) is 0 Å². The second kappa shape index (κ2) is 4.27. The molecule has 0 radical (unpaired) electrons. The van der Waals surface area contributed by atoms with Crippen molar-refractivity contribution in [3.05, 3.63) is 12.2 Å². The summed E-state index contributed by atoms with van der Waals surface area (Å²) in [4.78, 5) is 0. The number of allylic oxidation sites excluding steroid dienone is 2. The molecule has 0 heterocycles. The lowest BCUT2D eigenvalue weighted by Gasteiger charge is -2.45. The van der Waals surface area contributed by atoms with Crippen molar-refractivity contribution in [2.75, 3.05) is 0 Å². The maximum absolute atomic E-state index is 15.0. The van der Waals surface area contributed by atoms with Gasteiger partial charge in [-0.05, 0) is 36.0 Å². The number of halogens is 8. The van der Waals surface area contributed by atoms with E-state index in [4.69, 9.17) is 0 Å². The molecule has 0 aromatic heterocycles. The van der Waals surface area contributed by atoms with Gasteiger partial charge in [0.1, 0.15) is 6.42 Å². The zero-order valence-electron chi connectivity index (χ0n) is 12.2. The summed E-state index contributed by atoms with van der Waals surface area (Å²) in [5.41, 5.74) is -0.871. The highest BCUT2D eigenvalue weighted by Gasteiger charge is 2.85. The van der Waals surface area contributed by atoms with Gasteiger partial charge < -0.3 is 0 Å². The molecule has 0 saturated heterocycles. The van der Waals surface area contributed by atoms with Crippen LogP contribution in [0.1, 0.15) is 25.7 Å². The monoisotopic (exact) mass is 362 g/mol. The Labute approximate surface area is 132 Å². The molecule has 4 rings (SSSR count). The lowest BCUT2D eigenvalue weighted by Crippen LogP contribution is -2.58. The van der Waals surface area contributed by atoms with Crippen LogP contribution in [0.25, 0.3) is 0 Å². The zero-order valence-corrected chi connectivity index (χ0v) is 12.2. The Morgan fingerprint density at radius 1 is 1.00 bits per heavy atom. The topological polar surface area (TPSA) is 9.23 Å². The van der Waals surface area contributed by atoms with Crippen LogP contribution in [0, 0.1) is 29.1 Å². The van der Waals surface area contributed by atoms with Crippen LogP contribution in [0.4, 0.5) is 35.1 Å². The summed E-state index contributed by atoms with van der Waals surface area (Å²) in [6, 6.07) is 0. The zero-order chi connectivity index (χ0) is 17.8. The molecule has 0 amide bonds. The molecule has 0 aromatic rings.